The normalized spacial score (nSPS) is 10.5. The van der Waals surface area contributed by atoms with Crippen molar-refractivity contribution >= 4 is 11.6 Å². The van der Waals surface area contributed by atoms with Crippen LogP contribution in [-0.2, 0) is 4.79 Å². The van der Waals surface area contributed by atoms with Crippen LogP contribution in [-0.4, -0.2) is 15.9 Å². The minimum absolute atomic E-state index is 0.187. The highest BCUT2D eigenvalue weighted by Crippen LogP contribution is 2.14. The van der Waals surface area contributed by atoms with Crippen LogP contribution < -0.4 is 5.32 Å². The number of carbonyl (C=O) groups excluding carboxylic acids is 1. The molecule has 0 bridgehead atoms. The zero-order valence-electron chi connectivity index (χ0n) is 10.00. The standard InChI is InChI=1S/C14H13N3O/c1-2-6-13(18)17-12-9-15-14(16-10-12)11-7-4-3-5-8-11/h2-10H,1H3,(H,17,18). The highest BCUT2D eigenvalue weighted by molar-refractivity contribution is 5.98. The lowest BCUT2D eigenvalue weighted by atomic mass is 10.2. The third-order valence-corrected chi connectivity index (χ3v) is 2.27. The van der Waals surface area contributed by atoms with Crippen LogP contribution in [0.25, 0.3) is 11.4 Å². The van der Waals surface area contributed by atoms with Crippen LogP contribution in [0.5, 0.6) is 0 Å². The highest BCUT2D eigenvalue weighted by Gasteiger charge is 2.01. The predicted molar refractivity (Wildman–Crippen MR) is 70.9 cm³/mol. The van der Waals surface area contributed by atoms with Crippen LogP contribution in [0.15, 0.2) is 54.9 Å². The number of nitrogens with one attached hydrogen (secondary N) is 1. The summed E-state index contributed by atoms with van der Waals surface area (Å²) in [6.07, 6.45) is 6.31. The fraction of sp³-hybridized carbons (Fsp3) is 0.0714. The van der Waals surface area contributed by atoms with Crippen LogP contribution in [0.1, 0.15) is 6.92 Å². The van der Waals surface area contributed by atoms with Gasteiger partial charge in [0, 0.05) is 5.56 Å². The number of amides is 1. The average Bonchev–Trinajstić information content (AvgIpc) is 2.41. The van der Waals surface area contributed by atoms with Gasteiger partial charge >= 0.3 is 0 Å². The first kappa shape index (κ1) is 12.0. The molecule has 90 valence electrons. The zero-order valence-corrected chi connectivity index (χ0v) is 10.00. The summed E-state index contributed by atoms with van der Waals surface area (Å²) in [5.74, 6) is 0.452. The van der Waals surface area contributed by atoms with E-state index in [0.717, 1.165) is 5.56 Å². The molecule has 4 nitrogen and oxygen atoms in total. The van der Waals surface area contributed by atoms with Gasteiger partial charge in [0.1, 0.15) is 0 Å². The first-order valence-corrected chi connectivity index (χ1v) is 5.61. The van der Waals surface area contributed by atoms with Gasteiger partial charge in [-0.1, -0.05) is 36.4 Å². The number of hydrogen-bond donors (Lipinski definition) is 1. The lowest BCUT2D eigenvalue weighted by Gasteiger charge is -2.03. The van der Waals surface area contributed by atoms with E-state index in [2.05, 4.69) is 15.3 Å². The molecule has 0 saturated heterocycles. The van der Waals surface area contributed by atoms with Crippen molar-refractivity contribution in [2.24, 2.45) is 0 Å². The Morgan fingerprint density at radius 3 is 2.44 bits per heavy atom. The molecule has 1 aromatic heterocycles. The molecule has 18 heavy (non-hydrogen) atoms. The van der Waals surface area contributed by atoms with Crippen LogP contribution >= 0.6 is 0 Å². The maximum atomic E-state index is 11.3. The van der Waals surface area contributed by atoms with Crippen molar-refractivity contribution in [2.45, 2.75) is 6.92 Å². The molecule has 4 heteroatoms. The van der Waals surface area contributed by atoms with Gasteiger partial charge in [-0.3, -0.25) is 4.79 Å². The van der Waals surface area contributed by atoms with Gasteiger partial charge in [-0.25, -0.2) is 9.97 Å². The second-order valence-electron chi connectivity index (χ2n) is 3.65. The van der Waals surface area contributed by atoms with Gasteiger partial charge in [0.05, 0.1) is 18.1 Å². The maximum absolute atomic E-state index is 11.3. The average molecular weight is 239 g/mol. The van der Waals surface area contributed by atoms with E-state index in [0.29, 0.717) is 11.5 Å². The van der Waals surface area contributed by atoms with Crippen LogP contribution in [0.4, 0.5) is 5.69 Å². The Bertz CT molecular complexity index is 547. The second kappa shape index (κ2) is 5.72. The topological polar surface area (TPSA) is 54.9 Å². The number of allylic oxidation sites excluding steroid dienone is 1. The van der Waals surface area contributed by atoms with E-state index in [1.165, 1.54) is 6.08 Å². The molecule has 0 aliphatic rings. The minimum Gasteiger partial charge on any atom is -0.320 e. The summed E-state index contributed by atoms with van der Waals surface area (Å²) in [5, 5.41) is 2.67. The molecule has 0 fully saturated rings. The van der Waals surface area contributed by atoms with Gasteiger partial charge in [-0.2, -0.15) is 0 Å². The lowest BCUT2D eigenvalue weighted by molar-refractivity contribution is -0.111. The molecule has 2 aromatic rings. The number of aromatic nitrogens is 2. The Morgan fingerprint density at radius 1 is 1.17 bits per heavy atom. The van der Waals surface area contributed by atoms with Crippen molar-refractivity contribution in [3.63, 3.8) is 0 Å². The summed E-state index contributed by atoms with van der Waals surface area (Å²) < 4.78 is 0. The molecule has 0 aliphatic heterocycles. The second-order valence-corrected chi connectivity index (χ2v) is 3.65. The molecule has 0 radical (unpaired) electrons. The fourth-order valence-corrected chi connectivity index (χ4v) is 1.46. The van der Waals surface area contributed by atoms with E-state index < -0.39 is 0 Å². The van der Waals surface area contributed by atoms with E-state index in [1.54, 1.807) is 25.4 Å². The van der Waals surface area contributed by atoms with Crippen LogP contribution in [0, 0.1) is 0 Å². The van der Waals surface area contributed by atoms with Crippen molar-refractivity contribution in [1.29, 1.82) is 0 Å². The molecule has 0 atom stereocenters. The van der Waals surface area contributed by atoms with Crippen molar-refractivity contribution in [1.82, 2.24) is 9.97 Å². The fourth-order valence-electron chi connectivity index (χ4n) is 1.46. The first-order chi connectivity index (χ1) is 8.79. The summed E-state index contributed by atoms with van der Waals surface area (Å²) in [4.78, 5) is 19.7. The molecule has 1 aromatic carbocycles. The van der Waals surface area contributed by atoms with E-state index in [4.69, 9.17) is 0 Å². The van der Waals surface area contributed by atoms with Gasteiger partial charge < -0.3 is 5.32 Å². The number of carbonyl (C=O) groups is 1. The summed E-state index contributed by atoms with van der Waals surface area (Å²) >= 11 is 0. The maximum Gasteiger partial charge on any atom is 0.248 e. The Hall–Kier alpha value is -2.49. The van der Waals surface area contributed by atoms with E-state index in [1.807, 2.05) is 30.3 Å². The molecule has 0 aliphatic carbocycles. The number of hydrogen-bond acceptors (Lipinski definition) is 3. The van der Waals surface area contributed by atoms with Crippen molar-refractivity contribution < 1.29 is 4.79 Å². The SMILES string of the molecule is CC=CC(=O)Nc1cnc(-c2ccccc2)nc1. The van der Waals surface area contributed by atoms with Crippen LogP contribution in [0.3, 0.4) is 0 Å². The quantitative estimate of drug-likeness (QED) is 0.838. The number of benzene rings is 1. The Labute approximate surface area is 105 Å². The molecule has 1 amide bonds. The lowest BCUT2D eigenvalue weighted by Crippen LogP contribution is -2.08. The molecular formula is C14H13N3O. The summed E-state index contributed by atoms with van der Waals surface area (Å²) in [5.41, 5.74) is 1.53. The third-order valence-electron chi connectivity index (χ3n) is 2.27. The Kier molecular flexibility index (Phi) is 3.81. The van der Waals surface area contributed by atoms with Crippen molar-refractivity contribution in [3.8, 4) is 11.4 Å². The van der Waals surface area contributed by atoms with Gasteiger partial charge in [-0.05, 0) is 13.0 Å². The zero-order chi connectivity index (χ0) is 12.8. The summed E-state index contributed by atoms with van der Waals surface area (Å²) in [6.45, 7) is 1.79. The van der Waals surface area contributed by atoms with Gasteiger partial charge in [-0.15, -0.1) is 0 Å². The van der Waals surface area contributed by atoms with Crippen LogP contribution in [0.2, 0.25) is 0 Å². The molecule has 0 unspecified atom stereocenters. The molecule has 1 heterocycles. The molecule has 1 N–H and O–H groups in total. The van der Waals surface area contributed by atoms with E-state index in [-0.39, 0.29) is 5.91 Å². The van der Waals surface area contributed by atoms with Gasteiger partial charge in [0.25, 0.3) is 0 Å². The third kappa shape index (κ3) is 3.01. The minimum atomic E-state index is -0.187. The number of nitrogens with zero attached hydrogens (tertiary/aromatic N) is 2. The van der Waals surface area contributed by atoms with Gasteiger partial charge in [0.2, 0.25) is 5.91 Å². The summed E-state index contributed by atoms with van der Waals surface area (Å²) in [7, 11) is 0. The van der Waals surface area contributed by atoms with E-state index in [9.17, 15) is 4.79 Å². The van der Waals surface area contributed by atoms with E-state index >= 15 is 0 Å². The molecule has 2 rings (SSSR count). The summed E-state index contributed by atoms with van der Waals surface area (Å²) in [6, 6.07) is 9.68. The Morgan fingerprint density at radius 2 is 1.83 bits per heavy atom. The largest absolute Gasteiger partial charge is 0.320 e. The smallest absolute Gasteiger partial charge is 0.248 e. The molecule has 0 spiro atoms. The molecular weight excluding hydrogens is 226 g/mol. The number of anilines is 1. The van der Waals surface area contributed by atoms with Crippen molar-refractivity contribution in [3.05, 3.63) is 54.9 Å². The molecule has 0 saturated carbocycles. The predicted octanol–water partition coefficient (Wildman–Crippen LogP) is 2.66. The Balaban J connectivity index is 2.13. The van der Waals surface area contributed by atoms with Crippen molar-refractivity contribution in [2.75, 3.05) is 5.32 Å². The monoisotopic (exact) mass is 239 g/mol. The van der Waals surface area contributed by atoms with Gasteiger partial charge in [0.15, 0.2) is 5.82 Å². The first-order valence-electron chi connectivity index (χ1n) is 5.61. The highest BCUT2D eigenvalue weighted by atomic mass is 16.1. The number of rotatable bonds is 3.